The summed E-state index contributed by atoms with van der Waals surface area (Å²) >= 11 is 0. The Morgan fingerprint density at radius 1 is 1.05 bits per heavy atom. The van der Waals surface area contributed by atoms with Crippen molar-refractivity contribution in [2.24, 2.45) is 23.2 Å². The molecule has 5 rings (SSSR count). The minimum absolute atomic E-state index is 0.462. The summed E-state index contributed by atoms with van der Waals surface area (Å²) in [5.41, 5.74) is 6.73. The molecule has 4 bridgehead atoms. The van der Waals surface area contributed by atoms with Gasteiger partial charge in [-0.05, 0) is 68.1 Å². The van der Waals surface area contributed by atoms with Crippen LogP contribution in [0.2, 0.25) is 0 Å². The zero-order valence-corrected chi connectivity index (χ0v) is 11.9. The molecule has 0 aromatic carbocycles. The second-order valence-corrected chi connectivity index (χ2v) is 7.31. The minimum atomic E-state index is 0.462. The van der Waals surface area contributed by atoms with Crippen molar-refractivity contribution in [1.29, 1.82) is 0 Å². The van der Waals surface area contributed by atoms with Crippen LogP contribution >= 0.6 is 0 Å². The molecule has 0 radical (unpaired) electrons. The van der Waals surface area contributed by atoms with E-state index in [-0.39, 0.29) is 0 Å². The maximum atomic E-state index is 5.72. The number of hydrogen-bond acceptors (Lipinski definition) is 4. The molecule has 0 aliphatic heterocycles. The number of ether oxygens (including phenoxy) is 1. The predicted octanol–water partition coefficient (Wildman–Crippen LogP) is 3.04. The van der Waals surface area contributed by atoms with Gasteiger partial charge in [-0.2, -0.15) is 0 Å². The van der Waals surface area contributed by atoms with Crippen LogP contribution in [0.15, 0.2) is 12.4 Å². The molecule has 1 heterocycles. The summed E-state index contributed by atoms with van der Waals surface area (Å²) in [7, 11) is 0. The average Bonchev–Trinajstić information content (AvgIpc) is 2.39. The summed E-state index contributed by atoms with van der Waals surface area (Å²) < 4.78 is 5.72. The van der Waals surface area contributed by atoms with Crippen molar-refractivity contribution >= 4 is 5.69 Å². The molecule has 0 amide bonds. The molecule has 0 unspecified atom stereocenters. The molecule has 108 valence electrons. The van der Waals surface area contributed by atoms with Gasteiger partial charge in [0, 0.05) is 0 Å². The number of rotatable bonds is 4. The van der Waals surface area contributed by atoms with Gasteiger partial charge in [0.1, 0.15) is 0 Å². The molecule has 20 heavy (non-hydrogen) atoms. The molecular weight excluding hydrogens is 250 g/mol. The van der Waals surface area contributed by atoms with Crippen molar-refractivity contribution in [2.75, 3.05) is 12.3 Å². The highest BCUT2D eigenvalue weighted by atomic mass is 16.5. The maximum absolute atomic E-state index is 5.72. The van der Waals surface area contributed by atoms with Crippen LogP contribution in [-0.2, 0) is 0 Å². The Bertz CT molecular complexity index is 450. The second-order valence-electron chi connectivity index (χ2n) is 7.31. The standard InChI is InChI=1S/C16H23N3O/c17-14-9-18-15(19-10-14)20-2-1-16-6-11-3-12(7-16)5-13(4-11)8-16/h9-13H,1-8,17H2. The van der Waals surface area contributed by atoms with Crippen LogP contribution in [0.3, 0.4) is 0 Å². The molecular formula is C16H23N3O. The van der Waals surface area contributed by atoms with E-state index in [1.165, 1.54) is 44.9 Å². The van der Waals surface area contributed by atoms with E-state index >= 15 is 0 Å². The van der Waals surface area contributed by atoms with E-state index in [9.17, 15) is 0 Å². The Morgan fingerprint density at radius 3 is 2.15 bits per heavy atom. The van der Waals surface area contributed by atoms with Gasteiger partial charge in [0.2, 0.25) is 0 Å². The Balaban J connectivity index is 1.36. The zero-order valence-electron chi connectivity index (χ0n) is 11.9. The Hall–Kier alpha value is -1.32. The van der Waals surface area contributed by atoms with Crippen LogP contribution in [0.4, 0.5) is 5.69 Å². The van der Waals surface area contributed by atoms with Crippen LogP contribution in [0, 0.1) is 23.2 Å². The van der Waals surface area contributed by atoms with Crippen molar-refractivity contribution in [3.63, 3.8) is 0 Å². The largest absolute Gasteiger partial charge is 0.463 e. The summed E-state index contributed by atoms with van der Waals surface area (Å²) in [6, 6.07) is 0.462. The normalized spacial score (nSPS) is 38.1. The quantitative estimate of drug-likeness (QED) is 0.916. The molecule has 4 nitrogen and oxygen atoms in total. The summed E-state index contributed by atoms with van der Waals surface area (Å²) in [5.74, 6) is 3.03. The lowest BCUT2D eigenvalue weighted by Gasteiger charge is -2.57. The van der Waals surface area contributed by atoms with E-state index < -0.39 is 0 Å². The van der Waals surface area contributed by atoms with Gasteiger partial charge in [0.25, 0.3) is 0 Å². The van der Waals surface area contributed by atoms with Gasteiger partial charge >= 0.3 is 6.01 Å². The van der Waals surface area contributed by atoms with Crippen molar-refractivity contribution in [3.05, 3.63) is 12.4 Å². The van der Waals surface area contributed by atoms with E-state index in [1.807, 2.05) is 0 Å². The lowest BCUT2D eigenvalue weighted by molar-refractivity contribution is -0.0626. The molecule has 1 aromatic rings. The first kappa shape index (κ1) is 12.4. The topological polar surface area (TPSA) is 61.0 Å². The van der Waals surface area contributed by atoms with Crippen LogP contribution < -0.4 is 10.5 Å². The average molecular weight is 273 g/mol. The highest BCUT2D eigenvalue weighted by molar-refractivity contribution is 5.30. The second kappa shape index (κ2) is 4.61. The van der Waals surface area contributed by atoms with Crippen molar-refractivity contribution in [3.8, 4) is 6.01 Å². The molecule has 4 saturated carbocycles. The monoisotopic (exact) mass is 273 g/mol. The fraction of sp³-hybridized carbons (Fsp3) is 0.750. The third kappa shape index (κ3) is 2.25. The van der Waals surface area contributed by atoms with Gasteiger partial charge in [-0.1, -0.05) is 0 Å². The van der Waals surface area contributed by atoms with Gasteiger partial charge in [-0.25, -0.2) is 9.97 Å². The molecule has 0 spiro atoms. The van der Waals surface area contributed by atoms with Crippen molar-refractivity contribution in [2.45, 2.75) is 44.9 Å². The molecule has 4 aliphatic rings. The third-order valence-electron chi connectivity index (χ3n) is 5.68. The number of nitrogens with zero attached hydrogens (tertiary/aromatic N) is 2. The van der Waals surface area contributed by atoms with E-state index in [0.717, 1.165) is 24.4 Å². The first-order valence-electron chi connectivity index (χ1n) is 7.91. The van der Waals surface area contributed by atoms with Gasteiger partial charge < -0.3 is 10.5 Å². The molecule has 0 saturated heterocycles. The fourth-order valence-corrected chi connectivity index (χ4v) is 5.36. The third-order valence-corrected chi connectivity index (χ3v) is 5.68. The van der Waals surface area contributed by atoms with Crippen molar-refractivity contribution in [1.82, 2.24) is 9.97 Å². The number of aromatic nitrogens is 2. The van der Waals surface area contributed by atoms with Gasteiger partial charge in [-0.3, -0.25) is 0 Å². The van der Waals surface area contributed by atoms with Gasteiger partial charge in [0.05, 0.1) is 24.7 Å². The summed E-state index contributed by atoms with van der Waals surface area (Å²) in [4.78, 5) is 8.21. The molecule has 4 heteroatoms. The SMILES string of the molecule is Nc1cnc(OCCC23CC4CC(CC(C4)C2)C3)nc1. The first-order valence-corrected chi connectivity index (χ1v) is 7.91. The number of nitrogen functional groups attached to an aromatic ring is 1. The molecule has 4 fully saturated rings. The Morgan fingerprint density at radius 2 is 1.60 bits per heavy atom. The van der Waals surface area contributed by atoms with Crippen LogP contribution in [0.1, 0.15) is 44.9 Å². The number of nitrogens with two attached hydrogens (primary N) is 1. The molecule has 4 aliphatic carbocycles. The van der Waals surface area contributed by atoms with E-state index in [0.29, 0.717) is 17.1 Å². The molecule has 0 atom stereocenters. The van der Waals surface area contributed by atoms with E-state index in [4.69, 9.17) is 10.5 Å². The minimum Gasteiger partial charge on any atom is -0.463 e. The van der Waals surface area contributed by atoms with Crippen LogP contribution in [-0.4, -0.2) is 16.6 Å². The summed E-state index contributed by atoms with van der Waals surface area (Å²) in [5, 5.41) is 0. The summed E-state index contributed by atoms with van der Waals surface area (Å²) in [6.45, 7) is 0.746. The van der Waals surface area contributed by atoms with Crippen LogP contribution in [0.5, 0.6) is 6.01 Å². The highest BCUT2D eigenvalue weighted by Gasteiger charge is 2.50. The van der Waals surface area contributed by atoms with Gasteiger partial charge in [-0.15, -0.1) is 0 Å². The zero-order chi connectivity index (χ0) is 13.6. The van der Waals surface area contributed by atoms with Crippen molar-refractivity contribution < 1.29 is 4.74 Å². The lowest BCUT2D eigenvalue weighted by Crippen LogP contribution is -2.46. The van der Waals surface area contributed by atoms with E-state index in [2.05, 4.69) is 9.97 Å². The highest BCUT2D eigenvalue weighted by Crippen LogP contribution is 2.61. The Kier molecular flexibility index (Phi) is 2.86. The molecule has 2 N–H and O–H groups in total. The lowest BCUT2D eigenvalue weighted by atomic mass is 9.49. The number of hydrogen-bond donors (Lipinski definition) is 1. The molecule has 1 aromatic heterocycles. The predicted molar refractivity (Wildman–Crippen MR) is 77.2 cm³/mol. The number of anilines is 1. The van der Waals surface area contributed by atoms with Crippen LogP contribution in [0.25, 0.3) is 0 Å². The smallest absolute Gasteiger partial charge is 0.316 e. The summed E-state index contributed by atoms with van der Waals surface area (Å²) in [6.07, 6.45) is 13.2. The Labute approximate surface area is 120 Å². The fourth-order valence-electron chi connectivity index (χ4n) is 5.36. The van der Waals surface area contributed by atoms with Gasteiger partial charge in [0.15, 0.2) is 0 Å². The maximum Gasteiger partial charge on any atom is 0.316 e. The van der Waals surface area contributed by atoms with E-state index in [1.54, 1.807) is 12.4 Å². The first-order chi connectivity index (χ1) is 9.71.